The molecule has 1 aliphatic heterocycles. The van der Waals surface area contributed by atoms with Crippen molar-refractivity contribution in [2.24, 2.45) is 0 Å². The van der Waals surface area contributed by atoms with E-state index in [1.54, 1.807) is 12.1 Å². The Balaban J connectivity index is 1.99. The maximum atomic E-state index is 12.4. The van der Waals surface area contributed by atoms with E-state index in [1.165, 1.54) is 17.8 Å². The van der Waals surface area contributed by atoms with Crippen LogP contribution in [0.4, 0.5) is 5.82 Å². The van der Waals surface area contributed by atoms with Crippen LogP contribution in [-0.2, 0) is 42.4 Å². The predicted octanol–water partition coefficient (Wildman–Crippen LogP) is 0.334. The minimum atomic E-state index is -2.70. The summed E-state index contributed by atoms with van der Waals surface area (Å²) in [6.45, 7) is 2.94. The van der Waals surface area contributed by atoms with E-state index in [1.807, 2.05) is 6.07 Å². The van der Waals surface area contributed by atoms with Crippen molar-refractivity contribution in [3.05, 3.63) is 24.2 Å². The van der Waals surface area contributed by atoms with Crippen LogP contribution in [0.1, 0.15) is 32.6 Å². The Bertz CT molecular complexity index is 1230. The first kappa shape index (κ1) is 26.9. The number of nitrogens with one attached hydrogen (secondary N) is 1. The lowest BCUT2D eigenvalue weighted by Gasteiger charge is -2.26. The summed E-state index contributed by atoms with van der Waals surface area (Å²) in [5, 5.41) is 16.6. The topological polar surface area (TPSA) is 206 Å². The number of hydrogen-bond donors (Lipinski definition) is 2. The molecule has 2 aromatic rings. The lowest BCUT2D eigenvalue weighted by molar-refractivity contribution is -0.166. The summed E-state index contributed by atoms with van der Waals surface area (Å²) in [6.07, 6.45) is -2.79. The van der Waals surface area contributed by atoms with Crippen molar-refractivity contribution in [3.8, 4) is 6.07 Å². The summed E-state index contributed by atoms with van der Waals surface area (Å²) in [5.41, 5.74) is 4.55. The van der Waals surface area contributed by atoms with Crippen molar-refractivity contribution in [1.29, 1.82) is 5.26 Å². The molecule has 6 atom stereocenters. The van der Waals surface area contributed by atoms with Crippen LogP contribution in [0.15, 0.2) is 18.5 Å². The van der Waals surface area contributed by atoms with Gasteiger partial charge in [-0.15, -0.1) is 4.52 Å². The molecule has 3 N–H and O–H groups in total. The highest BCUT2D eigenvalue weighted by Gasteiger charge is 2.62. The number of rotatable bonds is 9. The quantitative estimate of drug-likeness (QED) is 0.258. The van der Waals surface area contributed by atoms with Crippen LogP contribution in [0.3, 0.4) is 0 Å². The number of esters is 3. The number of aromatic nitrogens is 3. The van der Waals surface area contributed by atoms with Gasteiger partial charge in [0.2, 0.25) is 5.60 Å². The van der Waals surface area contributed by atoms with E-state index in [-0.39, 0.29) is 5.82 Å². The molecule has 0 aliphatic carbocycles. The maximum absolute atomic E-state index is 12.4. The summed E-state index contributed by atoms with van der Waals surface area (Å²) < 4.78 is 40.5. The minimum absolute atomic E-state index is 0.160. The van der Waals surface area contributed by atoms with E-state index in [0.29, 0.717) is 11.2 Å². The molecule has 0 radical (unpaired) electrons. The zero-order valence-electron chi connectivity index (χ0n) is 19.7. The number of methoxy groups -OCH3 is 1. The van der Waals surface area contributed by atoms with E-state index in [4.69, 9.17) is 24.5 Å². The summed E-state index contributed by atoms with van der Waals surface area (Å²) in [7, 11) is -1.54. The molecular weight excluding hydrogens is 499 g/mol. The van der Waals surface area contributed by atoms with Crippen molar-refractivity contribution in [2.75, 3.05) is 19.5 Å². The molecule has 15 nitrogen and oxygen atoms in total. The highest BCUT2D eigenvalue weighted by Crippen LogP contribution is 2.45. The number of carbonyl (C=O) groups excluding carboxylic acids is 3. The van der Waals surface area contributed by atoms with Crippen LogP contribution < -0.4 is 10.8 Å². The maximum Gasteiger partial charge on any atom is 0.613 e. The highest BCUT2D eigenvalue weighted by atomic mass is 31.1. The van der Waals surface area contributed by atoms with Crippen LogP contribution in [0.25, 0.3) is 5.52 Å². The Hall–Kier alpha value is -3.70. The number of nitrogens with zero attached hydrogens (tertiary/aromatic N) is 4. The SMILES string of the molecule is COC(=O)[C@H](C)N[P+](=O)OC[C@@]1(C#N)O[C@@H](c2ccc3c(N)ncnn23)[C@H](OC(C)=O)[C@@H]1OC(C)=O. The first-order chi connectivity index (χ1) is 17.0. The van der Waals surface area contributed by atoms with Crippen LogP contribution in [-0.4, -0.2) is 70.1 Å². The van der Waals surface area contributed by atoms with Gasteiger partial charge in [-0.3, -0.25) is 14.4 Å². The molecule has 0 spiro atoms. The van der Waals surface area contributed by atoms with Crippen LogP contribution in [0.2, 0.25) is 0 Å². The second-order valence-corrected chi connectivity index (χ2v) is 8.78. The average molecular weight is 523 g/mol. The van der Waals surface area contributed by atoms with Crippen molar-refractivity contribution < 1.29 is 42.4 Å². The fraction of sp³-hybridized carbons (Fsp3) is 0.500. The number of ether oxygens (including phenoxy) is 4. The standard InChI is InChI=1S/C20H24N6O9P/c1-10(19(29)31-4)25-36(30)32-8-20(7-21)17(34-12(3)28)16(33-11(2)27)15(35-20)13-5-6-14-18(22)23-9-24-26(13)14/h5-6,9-10,15-17H,8H2,1-4H3,(H,25,30)(H2,22,23,24)/q+1/t10-,15-,16-,17-,20+/m0/s1. The Morgan fingerprint density at radius 2 is 2.03 bits per heavy atom. The number of hydrogen-bond acceptors (Lipinski definition) is 13. The molecule has 3 heterocycles. The number of carbonyl (C=O) groups is 3. The van der Waals surface area contributed by atoms with Crippen molar-refractivity contribution in [3.63, 3.8) is 0 Å². The molecule has 3 rings (SSSR count). The van der Waals surface area contributed by atoms with Gasteiger partial charge in [0, 0.05) is 13.8 Å². The highest BCUT2D eigenvalue weighted by molar-refractivity contribution is 7.36. The molecule has 2 aromatic heterocycles. The molecule has 192 valence electrons. The largest absolute Gasteiger partial charge is 0.613 e. The van der Waals surface area contributed by atoms with Gasteiger partial charge in [-0.05, 0) is 23.6 Å². The Labute approximate surface area is 205 Å². The number of nitriles is 1. The van der Waals surface area contributed by atoms with Gasteiger partial charge in [-0.25, -0.2) is 9.50 Å². The number of fused-ring (bicyclic) bond motifs is 1. The van der Waals surface area contributed by atoms with Gasteiger partial charge in [0.15, 0.2) is 24.6 Å². The fourth-order valence-corrected chi connectivity index (χ4v) is 4.48. The third-order valence-corrected chi connectivity index (χ3v) is 6.19. The Kier molecular flexibility index (Phi) is 8.16. The smallest absolute Gasteiger partial charge is 0.468 e. The van der Waals surface area contributed by atoms with Crippen molar-refractivity contribution in [1.82, 2.24) is 19.7 Å². The molecular formula is C20H24N6O9P+. The summed E-state index contributed by atoms with van der Waals surface area (Å²) >= 11 is 0. The third kappa shape index (κ3) is 5.42. The van der Waals surface area contributed by atoms with E-state index in [2.05, 4.69) is 19.9 Å². The normalized spacial score (nSPS) is 24.5. The summed E-state index contributed by atoms with van der Waals surface area (Å²) in [4.78, 5) is 39.4. The minimum Gasteiger partial charge on any atom is -0.468 e. The predicted molar refractivity (Wildman–Crippen MR) is 119 cm³/mol. The van der Waals surface area contributed by atoms with E-state index >= 15 is 0 Å². The zero-order chi connectivity index (χ0) is 26.6. The number of anilines is 1. The molecule has 0 saturated carbocycles. The Morgan fingerprint density at radius 3 is 2.64 bits per heavy atom. The van der Waals surface area contributed by atoms with Gasteiger partial charge in [-0.1, -0.05) is 5.09 Å². The van der Waals surface area contributed by atoms with Gasteiger partial charge >= 0.3 is 26.1 Å². The van der Waals surface area contributed by atoms with Gasteiger partial charge in [0.05, 0.1) is 12.8 Å². The van der Waals surface area contributed by atoms with E-state index in [9.17, 15) is 24.2 Å². The third-order valence-electron chi connectivity index (χ3n) is 5.23. The van der Waals surface area contributed by atoms with E-state index < -0.39 is 62.6 Å². The number of nitrogens with two attached hydrogens (primary N) is 1. The van der Waals surface area contributed by atoms with Crippen LogP contribution >= 0.6 is 8.18 Å². The van der Waals surface area contributed by atoms with Crippen molar-refractivity contribution >= 4 is 37.4 Å². The Morgan fingerprint density at radius 1 is 1.33 bits per heavy atom. The zero-order valence-corrected chi connectivity index (χ0v) is 20.6. The number of nitrogen functional groups attached to an aromatic ring is 1. The molecule has 16 heteroatoms. The van der Waals surface area contributed by atoms with Gasteiger partial charge in [0.1, 0.15) is 30.1 Å². The second-order valence-electron chi connectivity index (χ2n) is 7.75. The molecule has 36 heavy (non-hydrogen) atoms. The van der Waals surface area contributed by atoms with Crippen LogP contribution in [0.5, 0.6) is 0 Å². The molecule has 1 fully saturated rings. The monoisotopic (exact) mass is 523 g/mol. The second kappa shape index (κ2) is 10.9. The molecule has 1 unspecified atom stereocenters. The molecule has 0 bridgehead atoms. The fourth-order valence-electron chi connectivity index (χ4n) is 3.68. The van der Waals surface area contributed by atoms with E-state index in [0.717, 1.165) is 21.0 Å². The van der Waals surface area contributed by atoms with Gasteiger partial charge in [-0.2, -0.15) is 10.4 Å². The molecule has 0 aromatic carbocycles. The molecule has 1 saturated heterocycles. The van der Waals surface area contributed by atoms with Gasteiger partial charge in [0.25, 0.3) is 0 Å². The molecule has 0 amide bonds. The first-order valence-corrected chi connectivity index (χ1v) is 11.7. The lowest BCUT2D eigenvalue weighted by Crippen LogP contribution is -2.49. The summed E-state index contributed by atoms with van der Waals surface area (Å²) in [5.74, 6) is -2.07. The molecule has 1 aliphatic rings. The van der Waals surface area contributed by atoms with Crippen LogP contribution in [0, 0.1) is 11.3 Å². The average Bonchev–Trinajstić information content (AvgIpc) is 3.37. The van der Waals surface area contributed by atoms with Crippen molar-refractivity contribution in [2.45, 2.75) is 50.7 Å². The summed E-state index contributed by atoms with van der Waals surface area (Å²) in [6, 6.07) is 4.08. The lowest BCUT2D eigenvalue weighted by atomic mass is 9.95. The van der Waals surface area contributed by atoms with Gasteiger partial charge < -0.3 is 24.7 Å². The first-order valence-electron chi connectivity index (χ1n) is 10.5.